The predicted octanol–water partition coefficient (Wildman–Crippen LogP) is 0.717. The number of rotatable bonds is 10. The fraction of sp³-hybridized carbons (Fsp3) is 0.536. The van der Waals surface area contributed by atoms with Gasteiger partial charge in [-0.2, -0.15) is 0 Å². The summed E-state index contributed by atoms with van der Waals surface area (Å²) >= 11 is 0. The summed E-state index contributed by atoms with van der Waals surface area (Å²) < 4.78 is 10.7. The van der Waals surface area contributed by atoms with Crippen LogP contribution in [0.1, 0.15) is 39.2 Å². The first kappa shape index (κ1) is 30.3. The molecule has 2 heterocycles. The molecule has 1 fully saturated rings. The Morgan fingerprint density at radius 1 is 1.15 bits per heavy atom. The monoisotopic (exact) mass is 545 g/mol. The SMILES string of the molecule is CO[C@@H](C(=O)N[C@H]1CC[C@@H](OC(=O)Cc2c[nH]c3ccccc23)CNC1=O)[C@H](O)[C@@H](O)[C@H](O)/C=C/C(C)(C)C. The molecule has 3 rings (SSSR count). The van der Waals surface area contributed by atoms with Gasteiger partial charge in [0.05, 0.1) is 13.0 Å². The van der Waals surface area contributed by atoms with Crippen LogP contribution in [0.3, 0.4) is 0 Å². The van der Waals surface area contributed by atoms with E-state index in [1.807, 2.05) is 45.0 Å². The van der Waals surface area contributed by atoms with Gasteiger partial charge in [0.1, 0.15) is 30.5 Å². The van der Waals surface area contributed by atoms with Crippen molar-refractivity contribution in [1.82, 2.24) is 15.6 Å². The molecule has 1 aliphatic rings. The van der Waals surface area contributed by atoms with Gasteiger partial charge in [-0.15, -0.1) is 0 Å². The summed E-state index contributed by atoms with van der Waals surface area (Å²) in [6.45, 7) is 5.79. The first-order valence-electron chi connectivity index (χ1n) is 13.0. The number of nitrogens with one attached hydrogen (secondary N) is 3. The van der Waals surface area contributed by atoms with Crippen molar-refractivity contribution >= 4 is 28.7 Å². The van der Waals surface area contributed by atoms with Crippen LogP contribution in [-0.4, -0.2) is 88.3 Å². The highest BCUT2D eigenvalue weighted by atomic mass is 16.5. The molecule has 0 aliphatic carbocycles. The summed E-state index contributed by atoms with van der Waals surface area (Å²) in [6.07, 6.45) is -1.69. The summed E-state index contributed by atoms with van der Waals surface area (Å²) in [7, 11) is 1.17. The summed E-state index contributed by atoms with van der Waals surface area (Å²) in [5, 5.41) is 37.2. The predicted molar refractivity (Wildman–Crippen MR) is 143 cm³/mol. The van der Waals surface area contributed by atoms with E-state index >= 15 is 0 Å². The zero-order valence-corrected chi connectivity index (χ0v) is 22.7. The summed E-state index contributed by atoms with van der Waals surface area (Å²) in [4.78, 5) is 41.2. The van der Waals surface area contributed by atoms with Gasteiger partial charge in [0, 0.05) is 24.2 Å². The van der Waals surface area contributed by atoms with Crippen LogP contribution in [0.4, 0.5) is 0 Å². The Kier molecular flexibility index (Phi) is 10.3. The Labute approximate surface area is 227 Å². The number of fused-ring (bicyclic) bond motifs is 1. The number of aliphatic hydroxyl groups excluding tert-OH is 3. The van der Waals surface area contributed by atoms with Crippen LogP contribution >= 0.6 is 0 Å². The fourth-order valence-corrected chi connectivity index (χ4v) is 4.36. The summed E-state index contributed by atoms with van der Waals surface area (Å²) in [5.41, 5.74) is 1.46. The molecule has 6 atom stereocenters. The van der Waals surface area contributed by atoms with Crippen LogP contribution in [0.25, 0.3) is 10.9 Å². The van der Waals surface area contributed by atoms with Crippen molar-refractivity contribution in [1.29, 1.82) is 0 Å². The highest BCUT2D eigenvalue weighted by molar-refractivity contribution is 5.90. The van der Waals surface area contributed by atoms with E-state index in [2.05, 4.69) is 15.6 Å². The zero-order valence-electron chi connectivity index (χ0n) is 22.7. The number of H-pyrrole nitrogens is 1. The third kappa shape index (κ3) is 8.37. The second kappa shape index (κ2) is 13.2. The van der Waals surface area contributed by atoms with Crippen molar-refractivity contribution in [3.63, 3.8) is 0 Å². The number of benzene rings is 1. The molecular formula is C28H39N3O8. The van der Waals surface area contributed by atoms with Gasteiger partial charge in [-0.1, -0.05) is 51.1 Å². The molecule has 1 saturated heterocycles. The Morgan fingerprint density at radius 3 is 2.56 bits per heavy atom. The zero-order chi connectivity index (χ0) is 28.7. The number of amides is 2. The number of hydrogen-bond donors (Lipinski definition) is 6. The van der Waals surface area contributed by atoms with Crippen LogP contribution in [0.5, 0.6) is 0 Å². The van der Waals surface area contributed by atoms with Gasteiger partial charge >= 0.3 is 5.97 Å². The number of methoxy groups -OCH3 is 1. The number of aromatic amines is 1. The van der Waals surface area contributed by atoms with E-state index < -0.39 is 54.3 Å². The normalized spacial score (nSPS) is 21.6. The lowest BCUT2D eigenvalue weighted by Crippen LogP contribution is -2.55. The van der Waals surface area contributed by atoms with Crippen LogP contribution in [-0.2, 0) is 30.3 Å². The van der Waals surface area contributed by atoms with Gasteiger partial charge in [-0.3, -0.25) is 14.4 Å². The van der Waals surface area contributed by atoms with Crippen molar-refractivity contribution in [2.45, 2.75) is 76.6 Å². The molecule has 2 amide bonds. The smallest absolute Gasteiger partial charge is 0.310 e. The minimum Gasteiger partial charge on any atom is -0.460 e. The number of esters is 1. The summed E-state index contributed by atoms with van der Waals surface area (Å²) in [5.74, 6) is -1.74. The molecule has 6 N–H and O–H groups in total. The number of aromatic nitrogens is 1. The Bertz CT molecular complexity index is 1170. The molecule has 214 valence electrons. The van der Waals surface area contributed by atoms with E-state index in [0.717, 1.165) is 16.5 Å². The average molecular weight is 546 g/mol. The van der Waals surface area contributed by atoms with E-state index in [1.54, 1.807) is 12.3 Å². The van der Waals surface area contributed by atoms with E-state index in [0.29, 0.717) is 6.42 Å². The van der Waals surface area contributed by atoms with Gasteiger partial charge in [0.2, 0.25) is 5.91 Å². The molecule has 0 bridgehead atoms. The molecule has 39 heavy (non-hydrogen) atoms. The molecule has 2 aromatic rings. The van der Waals surface area contributed by atoms with Gasteiger partial charge < -0.3 is 40.4 Å². The molecule has 0 saturated carbocycles. The van der Waals surface area contributed by atoms with Crippen LogP contribution in [0.15, 0.2) is 42.6 Å². The Morgan fingerprint density at radius 2 is 1.87 bits per heavy atom. The molecule has 0 spiro atoms. The first-order valence-corrected chi connectivity index (χ1v) is 13.0. The van der Waals surface area contributed by atoms with E-state index in [9.17, 15) is 29.7 Å². The largest absolute Gasteiger partial charge is 0.460 e. The van der Waals surface area contributed by atoms with Crippen LogP contribution in [0.2, 0.25) is 0 Å². The number of ether oxygens (including phenoxy) is 2. The fourth-order valence-electron chi connectivity index (χ4n) is 4.36. The van der Waals surface area contributed by atoms with Gasteiger partial charge in [-0.05, 0) is 29.9 Å². The highest BCUT2D eigenvalue weighted by Crippen LogP contribution is 2.20. The molecule has 11 heteroatoms. The maximum absolute atomic E-state index is 12.9. The Balaban J connectivity index is 1.54. The second-order valence-electron chi connectivity index (χ2n) is 10.9. The van der Waals surface area contributed by atoms with Crippen molar-refractivity contribution in [2.75, 3.05) is 13.7 Å². The van der Waals surface area contributed by atoms with Crippen molar-refractivity contribution in [2.24, 2.45) is 5.41 Å². The quantitative estimate of drug-likeness (QED) is 0.187. The number of carbonyl (C=O) groups excluding carboxylic acids is 3. The number of allylic oxidation sites excluding steroid dienone is 1. The molecule has 1 aromatic heterocycles. The van der Waals surface area contributed by atoms with E-state index in [1.165, 1.54) is 13.2 Å². The molecule has 11 nitrogen and oxygen atoms in total. The summed E-state index contributed by atoms with van der Waals surface area (Å²) in [6, 6.07) is 6.65. The lowest BCUT2D eigenvalue weighted by molar-refractivity contribution is -0.151. The third-order valence-electron chi connectivity index (χ3n) is 6.54. The van der Waals surface area contributed by atoms with Crippen molar-refractivity contribution in [3.05, 3.63) is 48.2 Å². The van der Waals surface area contributed by atoms with Crippen LogP contribution in [0, 0.1) is 5.41 Å². The topological polar surface area (TPSA) is 170 Å². The minimum absolute atomic E-state index is 0.0706. The maximum Gasteiger partial charge on any atom is 0.310 e. The lowest BCUT2D eigenvalue weighted by Gasteiger charge is -2.28. The molecule has 1 aromatic carbocycles. The molecule has 1 aliphatic heterocycles. The maximum atomic E-state index is 12.9. The van der Waals surface area contributed by atoms with Gasteiger partial charge in [0.15, 0.2) is 6.10 Å². The van der Waals surface area contributed by atoms with Crippen LogP contribution < -0.4 is 10.6 Å². The molecule has 0 unspecified atom stereocenters. The van der Waals surface area contributed by atoms with Gasteiger partial charge in [0.25, 0.3) is 5.91 Å². The van der Waals surface area contributed by atoms with Crippen molar-refractivity contribution < 1.29 is 39.2 Å². The lowest BCUT2D eigenvalue weighted by atomic mass is 9.94. The average Bonchev–Trinajstić information content (AvgIpc) is 3.21. The van der Waals surface area contributed by atoms with Gasteiger partial charge in [-0.25, -0.2) is 0 Å². The number of para-hydroxylation sites is 1. The minimum atomic E-state index is -1.76. The van der Waals surface area contributed by atoms with E-state index in [4.69, 9.17) is 9.47 Å². The Hall–Kier alpha value is -3.25. The third-order valence-corrected chi connectivity index (χ3v) is 6.54. The number of carbonyl (C=O) groups is 3. The molecule has 0 radical (unpaired) electrons. The molecular weight excluding hydrogens is 506 g/mol. The standard InChI is InChI=1S/C28H39N3O8/c1-28(2,3)12-11-21(32)23(34)24(35)25(38-4)27(37)31-20-10-9-17(15-30-26(20)36)39-22(33)13-16-14-29-19-8-6-5-7-18(16)19/h5-8,11-12,14,17,20-21,23-25,29,32,34-35H,9-10,13,15H2,1-4H3,(H,30,36)(H,31,37)/b12-11+/t17-,20+,21-,23+,24-,25-/m1/s1. The van der Waals surface area contributed by atoms with Crippen molar-refractivity contribution in [3.8, 4) is 0 Å². The second-order valence-corrected chi connectivity index (χ2v) is 10.9. The van der Waals surface area contributed by atoms with E-state index in [-0.39, 0.29) is 24.8 Å². The number of hydrogen-bond acceptors (Lipinski definition) is 8. The highest BCUT2D eigenvalue weighted by Gasteiger charge is 2.37. The number of aliphatic hydroxyl groups is 3. The first-order chi connectivity index (χ1) is 18.4.